The molecule has 0 aliphatic heterocycles. The first-order chi connectivity index (χ1) is 31.9. The van der Waals surface area contributed by atoms with Crippen molar-refractivity contribution in [2.45, 2.75) is 355 Å². The first-order valence-electron chi connectivity index (χ1n) is 30.7. The van der Waals surface area contributed by atoms with Crippen LogP contribution in [0, 0.1) is 0 Å². The van der Waals surface area contributed by atoms with Gasteiger partial charge in [-0.3, -0.25) is 4.55 Å². The van der Waals surface area contributed by atoms with E-state index in [2.05, 4.69) is 20.8 Å². The molecule has 0 atom stereocenters. The fourth-order valence-corrected chi connectivity index (χ4v) is 11.3. The monoisotopic (exact) mass is 939 g/mol. The normalized spacial score (nSPS) is 12.2. The minimum Gasteiger partial charge on any atom is -0.324 e. The van der Waals surface area contributed by atoms with Gasteiger partial charge in [-0.1, -0.05) is 310 Å². The molecule has 0 heterocycles. The lowest BCUT2D eigenvalue weighted by molar-refractivity contribution is -0.928. The lowest BCUT2D eigenvalue weighted by Gasteiger charge is -2.39. The van der Waals surface area contributed by atoms with Crippen molar-refractivity contribution in [2.75, 3.05) is 31.9 Å². The third kappa shape index (κ3) is 53.1. The zero-order chi connectivity index (χ0) is 47.3. The van der Waals surface area contributed by atoms with Crippen molar-refractivity contribution in [3.8, 4) is 0 Å². The molecule has 0 aromatic carbocycles. The van der Waals surface area contributed by atoms with Gasteiger partial charge in [0.25, 0.3) is 10.1 Å². The molecule has 0 aliphatic rings. The van der Waals surface area contributed by atoms with Gasteiger partial charge in [-0.15, -0.1) is 0 Å². The molecule has 0 amide bonds. The first kappa shape index (κ1) is 64.9. The minimum absolute atomic E-state index is 0.0792. The molecule has 0 aliphatic carbocycles. The van der Waals surface area contributed by atoms with Gasteiger partial charge >= 0.3 is 0 Å². The van der Waals surface area contributed by atoms with E-state index in [1.807, 2.05) is 0 Å². The molecule has 5 heteroatoms. The first-order valence-corrected chi connectivity index (χ1v) is 32.3. The van der Waals surface area contributed by atoms with E-state index in [1.165, 1.54) is 347 Å². The van der Waals surface area contributed by atoms with Crippen LogP contribution in [0.2, 0.25) is 0 Å². The van der Waals surface area contributed by atoms with E-state index < -0.39 is 10.1 Å². The number of quaternary nitrogens is 1. The van der Waals surface area contributed by atoms with E-state index in [1.54, 1.807) is 0 Å². The average molecular weight is 940 g/mol. The van der Waals surface area contributed by atoms with Crippen molar-refractivity contribution in [2.24, 2.45) is 0 Å². The fraction of sp³-hybridized carbons (Fsp3) is 1.00. The number of unbranched alkanes of at least 4 members (excludes halogenated alkanes) is 48. The van der Waals surface area contributed by atoms with Gasteiger partial charge in [0.1, 0.15) is 0 Å². The van der Waals surface area contributed by atoms with Crippen molar-refractivity contribution in [1.82, 2.24) is 0 Å². The number of rotatable bonds is 58. The smallest absolute Gasteiger partial charge is 0.265 e. The van der Waals surface area contributed by atoms with Crippen LogP contribution in [0.4, 0.5) is 0 Å². The lowest BCUT2D eigenvalue weighted by Crippen LogP contribution is -2.51. The molecule has 0 spiro atoms. The topological polar surface area (TPSA) is 54.4 Å². The van der Waals surface area contributed by atoms with Crippen LogP contribution >= 0.6 is 0 Å². The summed E-state index contributed by atoms with van der Waals surface area (Å²) in [6.07, 6.45) is 72.0. The summed E-state index contributed by atoms with van der Waals surface area (Å²) in [4.78, 5) is 0. The van der Waals surface area contributed by atoms with Crippen LogP contribution in [0.1, 0.15) is 355 Å². The average Bonchev–Trinajstić information content (AvgIpc) is 3.29. The van der Waals surface area contributed by atoms with E-state index >= 15 is 0 Å². The summed E-state index contributed by atoms with van der Waals surface area (Å²) in [7, 11) is -3.91. The van der Waals surface area contributed by atoms with E-state index in [4.69, 9.17) is 0 Å². The molecule has 4 nitrogen and oxygen atoms in total. The standard InChI is InChI=1S/C60H123NO3S/c1-4-7-10-13-16-19-22-25-28-31-34-37-40-43-46-49-52-56-61(59-55-60-65(62,63)64,57-53-50-47-44-41-38-35-32-29-26-23-20-17-14-11-8-5-2)58-54-51-48-45-42-39-36-33-30-27-24-21-18-15-12-9-6-3/h4-60H2,1-3H3/p+1. The minimum atomic E-state index is -3.91. The Morgan fingerprint density at radius 2 is 0.369 bits per heavy atom. The molecular formula is C60H124NO3S+. The zero-order valence-corrected chi connectivity index (χ0v) is 46.2. The maximum atomic E-state index is 11.8. The predicted molar refractivity (Wildman–Crippen MR) is 293 cm³/mol. The third-order valence-corrected chi connectivity index (χ3v) is 16.0. The molecule has 0 aromatic rings. The molecule has 0 saturated carbocycles. The summed E-state index contributed by atoms with van der Waals surface area (Å²) < 4.78 is 34.5. The van der Waals surface area contributed by atoms with E-state index in [9.17, 15) is 13.0 Å². The van der Waals surface area contributed by atoms with Crippen LogP contribution < -0.4 is 0 Å². The zero-order valence-electron chi connectivity index (χ0n) is 45.4. The summed E-state index contributed by atoms with van der Waals surface area (Å²) in [5.74, 6) is -0.0792. The second kappa shape index (κ2) is 53.2. The summed E-state index contributed by atoms with van der Waals surface area (Å²) in [6.45, 7) is 11.4. The summed E-state index contributed by atoms with van der Waals surface area (Å²) >= 11 is 0. The number of nitrogens with zero attached hydrogens (tertiary/aromatic N) is 1. The SMILES string of the molecule is CCCCCCCCCCCCCCCCCCC[N+](CCCCCCCCCCCCCCCCCCC)(CCCCCCCCCCCCCCCCCCC)CCCS(=O)(=O)O. The Hall–Kier alpha value is -0.130. The third-order valence-electron chi connectivity index (χ3n) is 15.2. The Bertz CT molecular complexity index is 892. The van der Waals surface area contributed by atoms with Gasteiger partial charge < -0.3 is 4.48 Å². The Morgan fingerprint density at radius 1 is 0.231 bits per heavy atom. The van der Waals surface area contributed by atoms with Gasteiger partial charge in [-0.25, -0.2) is 0 Å². The van der Waals surface area contributed by atoms with Gasteiger partial charge in [0.05, 0.1) is 31.9 Å². The van der Waals surface area contributed by atoms with Crippen LogP contribution in [0.25, 0.3) is 0 Å². The molecule has 65 heavy (non-hydrogen) atoms. The fourth-order valence-electron chi connectivity index (χ4n) is 10.8. The van der Waals surface area contributed by atoms with Crippen LogP contribution in [-0.2, 0) is 10.1 Å². The predicted octanol–water partition coefficient (Wildman–Crippen LogP) is 21.0. The molecule has 0 unspecified atom stereocenters. The van der Waals surface area contributed by atoms with Crippen LogP contribution in [0.3, 0.4) is 0 Å². The molecule has 0 fully saturated rings. The van der Waals surface area contributed by atoms with Crippen molar-refractivity contribution in [1.29, 1.82) is 0 Å². The van der Waals surface area contributed by atoms with E-state index in [0.29, 0.717) is 6.42 Å². The highest BCUT2D eigenvalue weighted by molar-refractivity contribution is 7.85. The quantitative estimate of drug-likeness (QED) is 0.0376. The Morgan fingerprint density at radius 3 is 0.523 bits per heavy atom. The highest BCUT2D eigenvalue weighted by Crippen LogP contribution is 2.22. The second-order valence-electron chi connectivity index (χ2n) is 21.8. The van der Waals surface area contributed by atoms with Crippen LogP contribution in [-0.4, -0.2) is 49.4 Å². The molecular weight excluding hydrogens is 815 g/mol. The van der Waals surface area contributed by atoms with Gasteiger partial charge in [-0.05, 0) is 38.5 Å². The van der Waals surface area contributed by atoms with Gasteiger partial charge in [0, 0.05) is 6.42 Å². The van der Waals surface area contributed by atoms with Crippen molar-refractivity contribution >= 4 is 10.1 Å². The lowest BCUT2D eigenvalue weighted by atomic mass is 10.0. The Balaban J connectivity index is 4.66. The van der Waals surface area contributed by atoms with E-state index in [0.717, 1.165) is 11.0 Å². The Kier molecular flexibility index (Phi) is 53.1. The Labute approximate surface area is 412 Å². The molecule has 1 N–H and O–H groups in total. The maximum Gasteiger partial charge on any atom is 0.265 e. The van der Waals surface area contributed by atoms with E-state index in [-0.39, 0.29) is 5.75 Å². The van der Waals surface area contributed by atoms with Gasteiger partial charge in [-0.2, -0.15) is 8.42 Å². The highest BCUT2D eigenvalue weighted by Gasteiger charge is 2.27. The molecule has 0 bridgehead atoms. The summed E-state index contributed by atoms with van der Waals surface area (Å²) in [5, 5.41) is 0. The van der Waals surface area contributed by atoms with Crippen molar-refractivity contribution in [3.63, 3.8) is 0 Å². The maximum absolute atomic E-state index is 11.8. The number of hydrogen-bond donors (Lipinski definition) is 1. The van der Waals surface area contributed by atoms with Crippen LogP contribution in [0.15, 0.2) is 0 Å². The van der Waals surface area contributed by atoms with Crippen molar-refractivity contribution in [3.05, 3.63) is 0 Å². The summed E-state index contributed by atoms with van der Waals surface area (Å²) in [5.41, 5.74) is 0. The van der Waals surface area contributed by atoms with Crippen molar-refractivity contribution < 1.29 is 17.5 Å². The molecule has 0 rings (SSSR count). The number of hydrogen-bond acceptors (Lipinski definition) is 2. The molecule has 0 saturated heterocycles. The highest BCUT2D eigenvalue weighted by atomic mass is 32.2. The second-order valence-corrected chi connectivity index (χ2v) is 23.4. The summed E-state index contributed by atoms with van der Waals surface area (Å²) in [6, 6.07) is 0. The van der Waals surface area contributed by atoms with Gasteiger partial charge in [0.2, 0.25) is 0 Å². The molecule has 0 radical (unpaired) electrons. The largest absolute Gasteiger partial charge is 0.324 e. The van der Waals surface area contributed by atoms with Gasteiger partial charge in [0.15, 0.2) is 0 Å². The molecule has 0 aromatic heterocycles. The van der Waals surface area contributed by atoms with Crippen LogP contribution in [0.5, 0.6) is 0 Å². The molecule has 392 valence electrons.